The molecular weight excluding hydrogens is 308 g/mol. The lowest BCUT2D eigenvalue weighted by molar-refractivity contribution is 0.210. The van der Waals surface area contributed by atoms with E-state index in [0.29, 0.717) is 17.6 Å². The monoisotopic (exact) mass is 318 g/mol. The number of aliphatic hydroxyl groups is 1. The summed E-state index contributed by atoms with van der Waals surface area (Å²) in [6, 6.07) is 6.60. The molecule has 0 spiro atoms. The predicted molar refractivity (Wildman–Crippen MR) is 69.3 cm³/mol. The second-order valence-electron chi connectivity index (χ2n) is 3.62. The lowest BCUT2D eigenvalue weighted by Gasteiger charge is -2.26. The van der Waals surface area contributed by atoms with Crippen molar-refractivity contribution in [3.63, 3.8) is 0 Å². The van der Waals surface area contributed by atoms with Crippen LogP contribution in [0.25, 0.3) is 0 Å². The molecule has 1 aromatic rings. The normalized spacial score (nSPS) is 18.8. The number of β-amino-alcohol motifs (C(OH)–C–C–N with tert-alkyl or cyclic N) is 1. The third-order valence-electron chi connectivity index (χ3n) is 2.36. The fourth-order valence-corrected chi connectivity index (χ4v) is 2.83. The van der Waals surface area contributed by atoms with Crippen molar-refractivity contribution in [1.29, 1.82) is 0 Å². The Labute approximate surface area is 108 Å². The van der Waals surface area contributed by atoms with Crippen LogP contribution in [-0.2, 0) is 10.0 Å². The number of alkyl halides is 1. The first-order valence-corrected chi connectivity index (χ1v) is 7.51. The minimum atomic E-state index is -3.58. The van der Waals surface area contributed by atoms with Crippen LogP contribution in [-0.4, -0.2) is 37.8 Å². The van der Waals surface area contributed by atoms with Crippen LogP contribution in [0.2, 0.25) is 0 Å². The summed E-state index contributed by atoms with van der Waals surface area (Å²) in [7, 11) is -3.58. The van der Waals surface area contributed by atoms with Crippen LogP contribution in [0.3, 0.4) is 0 Å². The quantitative estimate of drug-likeness (QED) is 0.843. The third-order valence-corrected chi connectivity index (χ3v) is 4.38. The summed E-state index contributed by atoms with van der Waals surface area (Å²) >= 11 is 3.16. The third kappa shape index (κ3) is 2.51. The number of rotatable bonds is 3. The maximum absolute atomic E-state index is 11.7. The summed E-state index contributed by atoms with van der Waals surface area (Å²) in [5.74, 6) is 0. The van der Waals surface area contributed by atoms with Gasteiger partial charge in [0.2, 0.25) is 0 Å². The second-order valence-corrected chi connectivity index (χ2v) is 5.87. The summed E-state index contributed by atoms with van der Waals surface area (Å²) < 4.78 is 26.9. The minimum absolute atomic E-state index is 0.171. The first-order valence-electron chi connectivity index (χ1n) is 4.95. The molecule has 1 aliphatic rings. The van der Waals surface area contributed by atoms with Crippen molar-refractivity contribution in [3.8, 4) is 0 Å². The highest BCUT2D eigenvalue weighted by molar-refractivity contribution is 9.09. The summed E-state index contributed by atoms with van der Waals surface area (Å²) in [5, 5.41) is 9.99. The van der Waals surface area contributed by atoms with E-state index >= 15 is 0 Å². The van der Waals surface area contributed by atoms with E-state index in [1.54, 1.807) is 23.1 Å². The molecule has 1 aliphatic heterocycles. The largest absolute Gasteiger partial charge is 0.390 e. The highest BCUT2D eigenvalue weighted by Gasteiger charge is 2.25. The lowest BCUT2D eigenvalue weighted by atomic mass is 10.2. The maximum atomic E-state index is 11.7. The smallest absolute Gasteiger partial charge is 0.285 e. The van der Waals surface area contributed by atoms with Crippen LogP contribution < -0.4 is 4.90 Å². The molecule has 17 heavy (non-hydrogen) atoms. The molecule has 1 atom stereocenters. The van der Waals surface area contributed by atoms with E-state index in [1.165, 1.54) is 12.4 Å². The minimum Gasteiger partial charge on any atom is -0.390 e. The van der Waals surface area contributed by atoms with Gasteiger partial charge in [-0.15, -0.1) is 4.40 Å². The molecule has 92 valence electrons. The number of halogens is 1. The Morgan fingerprint density at radius 1 is 1.41 bits per heavy atom. The average molecular weight is 319 g/mol. The zero-order valence-electron chi connectivity index (χ0n) is 8.82. The van der Waals surface area contributed by atoms with Crippen LogP contribution in [0, 0.1) is 0 Å². The first kappa shape index (κ1) is 12.5. The molecule has 0 saturated carbocycles. The Kier molecular flexibility index (Phi) is 3.50. The standard InChI is InChI=1S/C10H11BrN2O3S/c11-5-8(14)6-13-7-12-17(15,16)10-4-2-1-3-9(10)13/h1-4,7-8,14H,5-6H2. The van der Waals surface area contributed by atoms with Gasteiger partial charge in [0, 0.05) is 5.33 Å². The summed E-state index contributed by atoms with van der Waals surface area (Å²) in [6.45, 7) is 0.293. The van der Waals surface area contributed by atoms with E-state index < -0.39 is 16.1 Å². The summed E-state index contributed by atoms with van der Waals surface area (Å²) in [5.41, 5.74) is 0.544. The molecule has 0 fully saturated rings. The van der Waals surface area contributed by atoms with Crippen molar-refractivity contribution in [2.75, 3.05) is 16.8 Å². The van der Waals surface area contributed by atoms with Gasteiger partial charge in [-0.05, 0) is 12.1 Å². The predicted octanol–water partition coefficient (Wildman–Crippen LogP) is 0.979. The fraction of sp³-hybridized carbons (Fsp3) is 0.300. The molecule has 0 radical (unpaired) electrons. The van der Waals surface area contributed by atoms with Gasteiger partial charge >= 0.3 is 0 Å². The van der Waals surface area contributed by atoms with E-state index in [1.807, 2.05) is 0 Å². The molecule has 0 aromatic heterocycles. The Hall–Kier alpha value is -0.920. The average Bonchev–Trinajstić information content (AvgIpc) is 2.33. The number of nitrogens with zero attached hydrogens (tertiary/aromatic N) is 2. The molecule has 0 saturated heterocycles. The van der Waals surface area contributed by atoms with Crippen molar-refractivity contribution in [2.45, 2.75) is 11.0 Å². The van der Waals surface area contributed by atoms with Gasteiger partial charge in [0.15, 0.2) is 0 Å². The Morgan fingerprint density at radius 2 is 2.12 bits per heavy atom. The van der Waals surface area contributed by atoms with E-state index in [9.17, 15) is 13.5 Å². The Balaban J connectivity index is 2.40. The van der Waals surface area contributed by atoms with Crippen LogP contribution in [0.5, 0.6) is 0 Å². The van der Waals surface area contributed by atoms with Crippen LogP contribution in [0.1, 0.15) is 0 Å². The van der Waals surface area contributed by atoms with Crippen LogP contribution >= 0.6 is 15.9 Å². The van der Waals surface area contributed by atoms with E-state index in [0.717, 1.165) is 0 Å². The summed E-state index contributed by atoms with van der Waals surface area (Å²) in [6.07, 6.45) is 0.652. The first-order chi connectivity index (χ1) is 8.04. The number of hydrogen-bond acceptors (Lipinski definition) is 4. The van der Waals surface area contributed by atoms with Gasteiger partial charge < -0.3 is 10.0 Å². The molecule has 0 amide bonds. The van der Waals surface area contributed by atoms with Gasteiger partial charge in [0.25, 0.3) is 10.0 Å². The van der Waals surface area contributed by atoms with E-state index in [4.69, 9.17) is 0 Å². The maximum Gasteiger partial charge on any atom is 0.285 e. The van der Waals surface area contributed by atoms with Crippen LogP contribution in [0.4, 0.5) is 5.69 Å². The second kappa shape index (κ2) is 4.75. The Morgan fingerprint density at radius 3 is 2.82 bits per heavy atom. The number of hydrogen-bond donors (Lipinski definition) is 1. The number of anilines is 1. The number of aliphatic hydroxyl groups excluding tert-OH is 1. The highest BCUT2D eigenvalue weighted by atomic mass is 79.9. The van der Waals surface area contributed by atoms with Gasteiger partial charge in [-0.1, -0.05) is 28.1 Å². The van der Waals surface area contributed by atoms with Crippen molar-refractivity contribution in [2.24, 2.45) is 4.40 Å². The molecule has 1 unspecified atom stereocenters. The topological polar surface area (TPSA) is 70.0 Å². The molecule has 1 N–H and O–H groups in total. The molecule has 1 heterocycles. The molecule has 0 bridgehead atoms. The summed E-state index contributed by atoms with van der Waals surface area (Å²) in [4.78, 5) is 1.80. The number of benzene rings is 1. The van der Waals surface area contributed by atoms with E-state index in [2.05, 4.69) is 20.3 Å². The zero-order chi connectivity index (χ0) is 12.5. The van der Waals surface area contributed by atoms with Gasteiger partial charge in [-0.2, -0.15) is 8.42 Å². The molecular formula is C10H11BrN2O3S. The SMILES string of the molecule is O=S1(=O)N=CN(CC(O)CBr)c2ccccc21. The zero-order valence-corrected chi connectivity index (χ0v) is 11.2. The number of fused-ring (bicyclic) bond motifs is 1. The Bertz CT molecular complexity index is 544. The lowest BCUT2D eigenvalue weighted by Crippen LogP contribution is -2.35. The van der Waals surface area contributed by atoms with Gasteiger partial charge in [0.1, 0.15) is 11.2 Å². The van der Waals surface area contributed by atoms with E-state index in [-0.39, 0.29) is 4.90 Å². The van der Waals surface area contributed by atoms with Crippen LogP contribution in [0.15, 0.2) is 33.6 Å². The highest BCUT2D eigenvalue weighted by Crippen LogP contribution is 2.29. The molecule has 1 aromatic carbocycles. The van der Waals surface area contributed by atoms with Crippen molar-refractivity contribution in [1.82, 2.24) is 0 Å². The molecule has 5 nitrogen and oxygen atoms in total. The molecule has 0 aliphatic carbocycles. The van der Waals surface area contributed by atoms with Gasteiger partial charge in [-0.25, -0.2) is 0 Å². The molecule has 7 heteroatoms. The van der Waals surface area contributed by atoms with Crippen molar-refractivity contribution in [3.05, 3.63) is 24.3 Å². The number of sulfonamides is 1. The number of para-hydroxylation sites is 1. The fourth-order valence-electron chi connectivity index (χ4n) is 1.57. The van der Waals surface area contributed by atoms with Gasteiger partial charge in [-0.3, -0.25) is 0 Å². The van der Waals surface area contributed by atoms with Gasteiger partial charge in [0.05, 0.1) is 18.3 Å². The van der Waals surface area contributed by atoms with Crippen molar-refractivity contribution < 1.29 is 13.5 Å². The van der Waals surface area contributed by atoms with Crippen molar-refractivity contribution >= 4 is 38.0 Å². The molecule has 2 rings (SSSR count).